The molecule has 0 fully saturated rings. The summed E-state index contributed by atoms with van der Waals surface area (Å²) in [7, 11) is 0. The van der Waals surface area contributed by atoms with Crippen molar-refractivity contribution in [2.45, 2.75) is 25.7 Å². The number of hydrogen-bond acceptors (Lipinski definition) is 4. The van der Waals surface area contributed by atoms with Gasteiger partial charge in [-0.05, 0) is 74.2 Å². The molecular formula is C22H19F2N3O3. The minimum Gasteiger partial charge on any atom is -0.451 e. The van der Waals surface area contributed by atoms with Gasteiger partial charge in [-0.1, -0.05) is 0 Å². The number of nitrogens with one attached hydrogen (secondary N) is 1. The first-order valence-corrected chi connectivity index (χ1v) is 9.60. The van der Waals surface area contributed by atoms with Gasteiger partial charge < -0.3 is 10.1 Å². The van der Waals surface area contributed by atoms with Crippen molar-refractivity contribution in [3.05, 3.63) is 77.1 Å². The Balaban J connectivity index is 1.49. The van der Waals surface area contributed by atoms with Crippen LogP contribution in [0.3, 0.4) is 0 Å². The lowest BCUT2D eigenvalue weighted by Crippen LogP contribution is -2.21. The number of rotatable bonds is 5. The number of esters is 1. The van der Waals surface area contributed by atoms with Gasteiger partial charge in [-0.15, -0.1) is 0 Å². The summed E-state index contributed by atoms with van der Waals surface area (Å²) < 4.78 is 33.0. The molecule has 154 valence electrons. The number of carbonyl (C=O) groups excluding carboxylic acids is 2. The maximum Gasteiger partial charge on any atom is 0.359 e. The predicted molar refractivity (Wildman–Crippen MR) is 105 cm³/mol. The molecule has 30 heavy (non-hydrogen) atoms. The lowest BCUT2D eigenvalue weighted by Gasteiger charge is -2.14. The van der Waals surface area contributed by atoms with Gasteiger partial charge in [-0.3, -0.25) is 4.79 Å². The number of anilines is 1. The lowest BCUT2D eigenvalue weighted by atomic mass is 9.95. The topological polar surface area (TPSA) is 73.2 Å². The molecular weight excluding hydrogens is 392 g/mol. The van der Waals surface area contributed by atoms with Gasteiger partial charge in [-0.25, -0.2) is 18.3 Å². The van der Waals surface area contributed by atoms with Crippen molar-refractivity contribution in [1.82, 2.24) is 9.78 Å². The molecule has 1 aliphatic rings. The number of halogens is 2. The first-order valence-electron chi connectivity index (χ1n) is 9.60. The first kappa shape index (κ1) is 19.8. The molecule has 1 aliphatic carbocycles. The zero-order valence-electron chi connectivity index (χ0n) is 16.0. The molecule has 0 aliphatic heterocycles. The van der Waals surface area contributed by atoms with E-state index in [2.05, 4.69) is 10.4 Å². The van der Waals surface area contributed by atoms with Gasteiger partial charge in [0.05, 0.1) is 5.69 Å². The largest absolute Gasteiger partial charge is 0.451 e. The Morgan fingerprint density at radius 3 is 2.30 bits per heavy atom. The molecule has 0 unspecified atom stereocenters. The number of ether oxygens (including phenoxy) is 1. The standard InChI is InChI=1S/C22H19F2N3O3/c23-14-5-9-16(10-6-14)25-20(28)13-30-22(29)21-18-3-1-2-4-19(18)27(26-21)17-11-7-15(24)8-12-17/h5-12H,1-4,13H2,(H,25,28). The third-order valence-electron chi connectivity index (χ3n) is 4.91. The minimum atomic E-state index is -0.691. The summed E-state index contributed by atoms with van der Waals surface area (Å²) >= 11 is 0. The van der Waals surface area contributed by atoms with E-state index in [4.69, 9.17) is 4.74 Å². The van der Waals surface area contributed by atoms with Crippen molar-refractivity contribution in [3.63, 3.8) is 0 Å². The van der Waals surface area contributed by atoms with Crippen LogP contribution in [-0.4, -0.2) is 28.3 Å². The Labute approximate surface area is 171 Å². The Morgan fingerprint density at radius 2 is 1.60 bits per heavy atom. The number of aromatic nitrogens is 2. The fourth-order valence-electron chi connectivity index (χ4n) is 3.49. The minimum absolute atomic E-state index is 0.170. The van der Waals surface area contributed by atoms with Crippen molar-refractivity contribution in [1.29, 1.82) is 0 Å². The molecule has 0 spiro atoms. The van der Waals surface area contributed by atoms with Gasteiger partial charge in [-0.2, -0.15) is 5.10 Å². The van der Waals surface area contributed by atoms with Crippen LogP contribution in [0.4, 0.5) is 14.5 Å². The SMILES string of the molecule is O=C(COC(=O)c1nn(-c2ccc(F)cc2)c2c1CCCC2)Nc1ccc(F)cc1. The van der Waals surface area contributed by atoms with Gasteiger partial charge in [0.2, 0.25) is 0 Å². The summed E-state index contributed by atoms with van der Waals surface area (Å²) in [5.41, 5.74) is 2.92. The molecule has 0 atom stereocenters. The van der Waals surface area contributed by atoms with E-state index < -0.39 is 24.3 Å². The predicted octanol–water partition coefficient (Wildman–Crippen LogP) is 3.82. The molecule has 0 radical (unpaired) electrons. The Hall–Kier alpha value is -3.55. The monoisotopic (exact) mass is 411 g/mol. The maximum atomic E-state index is 13.3. The Bertz CT molecular complexity index is 1080. The summed E-state index contributed by atoms with van der Waals surface area (Å²) in [6.07, 6.45) is 3.32. The number of benzene rings is 2. The van der Waals surface area contributed by atoms with E-state index in [0.717, 1.165) is 30.5 Å². The molecule has 1 amide bonds. The van der Waals surface area contributed by atoms with Crippen LogP contribution in [0.5, 0.6) is 0 Å². The Kier molecular flexibility index (Phi) is 5.56. The van der Waals surface area contributed by atoms with Gasteiger partial charge >= 0.3 is 5.97 Å². The van der Waals surface area contributed by atoms with E-state index in [0.29, 0.717) is 17.8 Å². The number of carbonyl (C=O) groups is 2. The summed E-state index contributed by atoms with van der Waals surface area (Å²) in [5, 5.41) is 6.94. The molecule has 3 aromatic rings. The van der Waals surface area contributed by atoms with Gasteiger partial charge in [0.25, 0.3) is 5.91 Å². The van der Waals surface area contributed by atoms with Crippen molar-refractivity contribution in [2.75, 3.05) is 11.9 Å². The van der Waals surface area contributed by atoms with Crippen LogP contribution in [-0.2, 0) is 22.4 Å². The summed E-state index contributed by atoms with van der Waals surface area (Å²) in [4.78, 5) is 24.7. The average Bonchev–Trinajstić information content (AvgIpc) is 3.14. The zero-order chi connectivity index (χ0) is 21.1. The van der Waals surface area contributed by atoms with Gasteiger partial charge in [0.1, 0.15) is 11.6 Å². The van der Waals surface area contributed by atoms with E-state index in [1.165, 1.54) is 36.4 Å². The first-order chi connectivity index (χ1) is 14.5. The molecule has 8 heteroatoms. The molecule has 0 saturated carbocycles. The van der Waals surface area contributed by atoms with Crippen LogP contribution < -0.4 is 5.32 Å². The summed E-state index contributed by atoms with van der Waals surface area (Å²) in [5.74, 6) is -2.00. The highest BCUT2D eigenvalue weighted by Gasteiger charge is 2.27. The van der Waals surface area contributed by atoms with E-state index in [9.17, 15) is 18.4 Å². The third-order valence-corrected chi connectivity index (χ3v) is 4.91. The summed E-state index contributed by atoms with van der Waals surface area (Å²) in [6, 6.07) is 11.1. The average molecular weight is 411 g/mol. The second-order valence-electron chi connectivity index (χ2n) is 7.00. The van der Waals surface area contributed by atoms with Crippen molar-refractivity contribution in [3.8, 4) is 5.69 Å². The van der Waals surface area contributed by atoms with E-state index in [1.54, 1.807) is 16.8 Å². The highest BCUT2D eigenvalue weighted by Crippen LogP contribution is 2.27. The van der Waals surface area contributed by atoms with Crippen molar-refractivity contribution >= 4 is 17.6 Å². The fraction of sp³-hybridized carbons (Fsp3) is 0.227. The normalized spacial score (nSPS) is 12.9. The van der Waals surface area contributed by atoms with Crippen molar-refractivity contribution in [2.24, 2.45) is 0 Å². The van der Waals surface area contributed by atoms with E-state index in [-0.39, 0.29) is 11.5 Å². The molecule has 6 nitrogen and oxygen atoms in total. The lowest BCUT2D eigenvalue weighted by molar-refractivity contribution is -0.119. The number of amides is 1. The second-order valence-corrected chi connectivity index (χ2v) is 7.00. The van der Waals surface area contributed by atoms with E-state index in [1.807, 2.05) is 0 Å². The smallest absolute Gasteiger partial charge is 0.359 e. The van der Waals surface area contributed by atoms with Crippen molar-refractivity contribution < 1.29 is 23.1 Å². The van der Waals surface area contributed by atoms with Crippen LogP contribution >= 0.6 is 0 Å². The fourth-order valence-corrected chi connectivity index (χ4v) is 3.49. The number of fused-ring (bicyclic) bond motifs is 1. The van der Waals surface area contributed by atoms with E-state index >= 15 is 0 Å². The maximum absolute atomic E-state index is 13.3. The third kappa shape index (κ3) is 4.22. The molecule has 1 aromatic heterocycles. The Morgan fingerprint density at radius 1 is 0.967 bits per heavy atom. The molecule has 2 aromatic carbocycles. The molecule has 1 heterocycles. The highest BCUT2D eigenvalue weighted by atomic mass is 19.1. The van der Waals surface area contributed by atoms with Crippen LogP contribution in [0.25, 0.3) is 5.69 Å². The van der Waals surface area contributed by atoms with Crippen LogP contribution in [0, 0.1) is 11.6 Å². The molecule has 1 N–H and O–H groups in total. The second kappa shape index (κ2) is 8.44. The quantitative estimate of drug-likeness (QED) is 0.648. The summed E-state index contributed by atoms with van der Waals surface area (Å²) in [6.45, 7) is -0.492. The number of nitrogens with zero attached hydrogens (tertiary/aromatic N) is 2. The zero-order valence-corrected chi connectivity index (χ0v) is 16.0. The van der Waals surface area contributed by atoms with Crippen LogP contribution in [0.1, 0.15) is 34.6 Å². The van der Waals surface area contributed by atoms with Crippen LogP contribution in [0.2, 0.25) is 0 Å². The highest BCUT2D eigenvalue weighted by molar-refractivity contribution is 5.95. The number of hydrogen-bond donors (Lipinski definition) is 1. The van der Waals surface area contributed by atoms with Crippen LogP contribution in [0.15, 0.2) is 48.5 Å². The molecule has 0 bridgehead atoms. The van der Waals surface area contributed by atoms with Gasteiger partial charge in [0.15, 0.2) is 12.3 Å². The molecule has 0 saturated heterocycles. The van der Waals surface area contributed by atoms with Gasteiger partial charge in [0, 0.05) is 16.9 Å². The molecule has 4 rings (SSSR count).